The Morgan fingerprint density at radius 1 is 1.20 bits per heavy atom. The van der Waals surface area contributed by atoms with Gasteiger partial charge in [-0.05, 0) is 63.2 Å². The van der Waals surface area contributed by atoms with Crippen molar-refractivity contribution in [2.75, 3.05) is 11.9 Å². The van der Waals surface area contributed by atoms with Gasteiger partial charge in [0.05, 0.1) is 6.61 Å². The number of nitrogens with one attached hydrogen (secondary N) is 1. The number of carbonyl (C=O) groups excluding carboxylic acids is 2. The molecule has 0 unspecified atom stereocenters. The molecule has 0 aliphatic carbocycles. The first kappa shape index (κ1) is 18.7. The molecule has 0 fully saturated rings. The van der Waals surface area contributed by atoms with Crippen molar-refractivity contribution in [3.05, 3.63) is 52.2 Å². The van der Waals surface area contributed by atoms with Crippen LogP contribution in [0.4, 0.5) is 5.69 Å². The van der Waals surface area contributed by atoms with E-state index in [1.165, 1.54) is 13.0 Å². The Kier molecular flexibility index (Phi) is 6.77. The number of hydrogen-bond acceptors (Lipinski definition) is 5. The fraction of sp³-hybridized carbons (Fsp3) is 0.263. The van der Waals surface area contributed by atoms with Crippen LogP contribution in [0.15, 0.2) is 42.5 Å². The van der Waals surface area contributed by atoms with Gasteiger partial charge in [0.25, 0.3) is 5.91 Å². The molecule has 1 amide bonds. The van der Waals surface area contributed by atoms with E-state index in [0.29, 0.717) is 12.3 Å². The number of aryl methyl sites for hydroxylation is 1. The molecule has 1 atom stereocenters. The molecule has 0 radical (unpaired) electrons. The molecule has 0 aliphatic rings. The summed E-state index contributed by atoms with van der Waals surface area (Å²) in [5.41, 5.74) is 0.612. The van der Waals surface area contributed by atoms with E-state index in [9.17, 15) is 9.59 Å². The third-order valence-corrected chi connectivity index (χ3v) is 4.21. The molecule has 1 aromatic heterocycles. The van der Waals surface area contributed by atoms with Gasteiger partial charge in [0.1, 0.15) is 5.75 Å². The van der Waals surface area contributed by atoms with Crippen molar-refractivity contribution in [2.45, 2.75) is 26.9 Å². The van der Waals surface area contributed by atoms with Crippen molar-refractivity contribution in [3.8, 4) is 5.75 Å². The van der Waals surface area contributed by atoms with E-state index in [1.807, 2.05) is 26.0 Å². The lowest BCUT2D eigenvalue weighted by Crippen LogP contribution is -2.29. The first-order valence-corrected chi connectivity index (χ1v) is 8.78. The molecule has 0 spiro atoms. The van der Waals surface area contributed by atoms with Crippen LogP contribution in [0.5, 0.6) is 5.75 Å². The molecule has 2 rings (SSSR count). The molecule has 0 aliphatic heterocycles. The monoisotopic (exact) mass is 359 g/mol. The summed E-state index contributed by atoms with van der Waals surface area (Å²) in [6.07, 6.45) is 2.11. The molecule has 1 aromatic carbocycles. The lowest BCUT2D eigenvalue weighted by Gasteiger charge is -2.12. The van der Waals surface area contributed by atoms with Crippen LogP contribution in [0.2, 0.25) is 0 Å². The third-order valence-electron chi connectivity index (χ3n) is 3.24. The van der Waals surface area contributed by atoms with Crippen molar-refractivity contribution in [3.63, 3.8) is 0 Å². The summed E-state index contributed by atoms with van der Waals surface area (Å²) in [7, 11) is 0. The highest BCUT2D eigenvalue weighted by atomic mass is 32.1. The highest BCUT2D eigenvalue weighted by Gasteiger charge is 2.16. The van der Waals surface area contributed by atoms with Crippen molar-refractivity contribution in [1.29, 1.82) is 0 Å². The largest absolute Gasteiger partial charge is 0.494 e. The van der Waals surface area contributed by atoms with Crippen LogP contribution in [-0.4, -0.2) is 24.6 Å². The van der Waals surface area contributed by atoms with Crippen LogP contribution in [0.3, 0.4) is 0 Å². The second-order valence-corrected chi connectivity index (χ2v) is 6.63. The fourth-order valence-corrected chi connectivity index (χ4v) is 2.79. The summed E-state index contributed by atoms with van der Waals surface area (Å²) in [4.78, 5) is 26.0. The van der Waals surface area contributed by atoms with E-state index in [1.54, 1.807) is 41.7 Å². The molecule has 0 saturated carbocycles. The summed E-state index contributed by atoms with van der Waals surface area (Å²) in [6.45, 7) is 6.01. The number of esters is 1. The quantitative estimate of drug-likeness (QED) is 0.599. The van der Waals surface area contributed by atoms with Gasteiger partial charge in [-0.2, -0.15) is 0 Å². The third kappa shape index (κ3) is 6.08. The zero-order chi connectivity index (χ0) is 18.2. The van der Waals surface area contributed by atoms with Crippen molar-refractivity contribution < 1.29 is 19.1 Å². The molecular weight excluding hydrogens is 338 g/mol. The maximum atomic E-state index is 12.1. The SMILES string of the molecule is CCOc1ccc(NC(=O)[C@H](C)OC(=O)/C=C/c2ccc(C)s2)cc1. The number of amides is 1. The van der Waals surface area contributed by atoms with Crippen LogP contribution in [0, 0.1) is 6.92 Å². The zero-order valence-electron chi connectivity index (χ0n) is 14.4. The van der Waals surface area contributed by atoms with Gasteiger partial charge >= 0.3 is 5.97 Å². The van der Waals surface area contributed by atoms with Gasteiger partial charge < -0.3 is 14.8 Å². The first-order chi connectivity index (χ1) is 12.0. The number of anilines is 1. The van der Waals surface area contributed by atoms with Gasteiger partial charge in [0.2, 0.25) is 0 Å². The summed E-state index contributed by atoms with van der Waals surface area (Å²) >= 11 is 1.58. The number of hydrogen-bond donors (Lipinski definition) is 1. The van der Waals surface area contributed by atoms with E-state index in [2.05, 4.69) is 5.32 Å². The molecule has 25 heavy (non-hydrogen) atoms. The second-order valence-electron chi connectivity index (χ2n) is 5.31. The first-order valence-electron chi connectivity index (χ1n) is 7.96. The lowest BCUT2D eigenvalue weighted by molar-refractivity contribution is -0.148. The number of carbonyl (C=O) groups is 2. The Hall–Kier alpha value is -2.60. The van der Waals surface area contributed by atoms with Crippen LogP contribution in [0.25, 0.3) is 6.08 Å². The highest BCUT2D eigenvalue weighted by Crippen LogP contribution is 2.17. The van der Waals surface area contributed by atoms with Gasteiger partial charge in [-0.3, -0.25) is 4.79 Å². The topological polar surface area (TPSA) is 64.6 Å². The van der Waals surface area contributed by atoms with Gasteiger partial charge in [0, 0.05) is 21.5 Å². The summed E-state index contributed by atoms with van der Waals surface area (Å²) in [5, 5.41) is 2.70. The number of rotatable bonds is 7. The standard InChI is InChI=1S/C19H21NO4S/c1-4-23-16-8-6-15(7-9-16)20-19(22)14(3)24-18(21)12-11-17-10-5-13(2)25-17/h5-12,14H,4H2,1-3H3,(H,20,22)/b12-11+/t14-/m0/s1. The molecule has 0 bridgehead atoms. The lowest BCUT2D eigenvalue weighted by atomic mass is 10.3. The van der Waals surface area contributed by atoms with Crippen LogP contribution in [-0.2, 0) is 14.3 Å². The van der Waals surface area contributed by atoms with E-state index in [4.69, 9.17) is 9.47 Å². The normalized spacial score (nSPS) is 12.0. The van der Waals surface area contributed by atoms with E-state index < -0.39 is 18.0 Å². The summed E-state index contributed by atoms with van der Waals surface area (Å²) in [6, 6.07) is 10.9. The molecule has 0 saturated heterocycles. The average Bonchev–Trinajstić information content (AvgIpc) is 3.00. The predicted octanol–water partition coefficient (Wildman–Crippen LogP) is 4.04. The number of ether oxygens (including phenoxy) is 2. The highest BCUT2D eigenvalue weighted by molar-refractivity contribution is 7.12. The Morgan fingerprint density at radius 2 is 1.92 bits per heavy atom. The van der Waals surface area contributed by atoms with Gasteiger partial charge in [-0.1, -0.05) is 0 Å². The van der Waals surface area contributed by atoms with Crippen LogP contribution < -0.4 is 10.1 Å². The minimum absolute atomic E-state index is 0.391. The van der Waals surface area contributed by atoms with Crippen molar-refractivity contribution in [2.24, 2.45) is 0 Å². The van der Waals surface area contributed by atoms with Crippen molar-refractivity contribution in [1.82, 2.24) is 0 Å². The number of benzene rings is 1. The van der Waals surface area contributed by atoms with E-state index >= 15 is 0 Å². The molecule has 1 heterocycles. The number of thiophene rings is 1. The maximum absolute atomic E-state index is 12.1. The molecule has 1 N–H and O–H groups in total. The zero-order valence-corrected chi connectivity index (χ0v) is 15.3. The average molecular weight is 359 g/mol. The summed E-state index contributed by atoms with van der Waals surface area (Å²) < 4.78 is 10.5. The Labute approximate surface area is 151 Å². The molecule has 5 nitrogen and oxygen atoms in total. The second kappa shape index (κ2) is 9.03. The fourth-order valence-electron chi connectivity index (χ4n) is 2.01. The smallest absolute Gasteiger partial charge is 0.331 e. The van der Waals surface area contributed by atoms with E-state index in [0.717, 1.165) is 15.5 Å². The Bertz CT molecular complexity index is 749. The van der Waals surface area contributed by atoms with Crippen molar-refractivity contribution >= 4 is 35.0 Å². The summed E-state index contributed by atoms with van der Waals surface area (Å²) in [5.74, 6) is -0.216. The Morgan fingerprint density at radius 3 is 2.52 bits per heavy atom. The Balaban J connectivity index is 1.84. The molecule has 2 aromatic rings. The molecular formula is C19H21NO4S. The predicted molar refractivity (Wildman–Crippen MR) is 99.9 cm³/mol. The van der Waals surface area contributed by atoms with Gasteiger partial charge in [0.15, 0.2) is 6.10 Å². The van der Waals surface area contributed by atoms with Crippen LogP contribution in [0.1, 0.15) is 23.6 Å². The molecule has 132 valence electrons. The minimum Gasteiger partial charge on any atom is -0.494 e. The van der Waals surface area contributed by atoms with Gasteiger partial charge in [-0.15, -0.1) is 11.3 Å². The van der Waals surface area contributed by atoms with E-state index in [-0.39, 0.29) is 0 Å². The molecule has 6 heteroatoms. The maximum Gasteiger partial charge on any atom is 0.331 e. The van der Waals surface area contributed by atoms with Crippen LogP contribution >= 0.6 is 11.3 Å². The minimum atomic E-state index is -0.895. The van der Waals surface area contributed by atoms with Gasteiger partial charge in [-0.25, -0.2) is 4.79 Å².